The molecule has 3 rings (SSSR count). The number of aryl methyl sites for hydroxylation is 1. The largest absolute Gasteiger partial charge is 0.367 e. The van der Waals surface area contributed by atoms with Crippen molar-refractivity contribution in [3.05, 3.63) is 50.8 Å². The molecule has 6 heteroatoms. The second-order valence-electron chi connectivity index (χ2n) is 4.72. The van der Waals surface area contributed by atoms with Crippen molar-refractivity contribution in [1.82, 2.24) is 9.78 Å². The molecule has 104 valence electrons. The van der Waals surface area contributed by atoms with Gasteiger partial charge in [0.2, 0.25) is 0 Å². The molecule has 0 bridgehead atoms. The van der Waals surface area contributed by atoms with Crippen LogP contribution in [0.5, 0.6) is 0 Å². The average molecular weight is 311 g/mol. The van der Waals surface area contributed by atoms with E-state index in [1.54, 1.807) is 16.8 Å². The second-order valence-corrected chi connectivity index (χ2v) is 5.56. The number of Topliss-reactive ketones (excluding diaryl/α,β-unsaturated/α-hetero) is 1. The van der Waals surface area contributed by atoms with Gasteiger partial charge in [0.25, 0.3) is 0 Å². The maximum Gasteiger partial charge on any atom is 0.192 e. The van der Waals surface area contributed by atoms with Crippen molar-refractivity contribution in [2.75, 3.05) is 6.61 Å². The van der Waals surface area contributed by atoms with E-state index in [1.165, 1.54) is 0 Å². The first kappa shape index (κ1) is 13.6. The molecule has 0 N–H and O–H groups in total. The summed E-state index contributed by atoms with van der Waals surface area (Å²) in [6.45, 7) is 0.489. The lowest BCUT2D eigenvalue weighted by Crippen LogP contribution is -2.18. The van der Waals surface area contributed by atoms with Gasteiger partial charge >= 0.3 is 0 Å². The van der Waals surface area contributed by atoms with E-state index in [-0.39, 0.29) is 12.4 Å². The van der Waals surface area contributed by atoms with Gasteiger partial charge in [0.05, 0.1) is 23.6 Å². The zero-order valence-electron chi connectivity index (χ0n) is 10.8. The summed E-state index contributed by atoms with van der Waals surface area (Å²) in [4.78, 5) is 12.0. The maximum absolute atomic E-state index is 12.0. The minimum Gasteiger partial charge on any atom is -0.367 e. The Morgan fingerprint density at radius 3 is 2.90 bits per heavy atom. The molecule has 1 aromatic carbocycles. The zero-order valence-corrected chi connectivity index (χ0v) is 12.3. The van der Waals surface area contributed by atoms with Gasteiger partial charge in [-0.15, -0.1) is 0 Å². The molecule has 2 heterocycles. The summed E-state index contributed by atoms with van der Waals surface area (Å²) < 4.78 is 6.92. The van der Waals surface area contributed by atoms with Crippen LogP contribution in [-0.2, 0) is 24.8 Å². The fourth-order valence-electron chi connectivity index (χ4n) is 2.40. The van der Waals surface area contributed by atoms with E-state index >= 15 is 0 Å². The number of nitrogens with zero attached hydrogens (tertiary/aromatic N) is 2. The Kier molecular flexibility index (Phi) is 3.54. The molecule has 0 amide bonds. The van der Waals surface area contributed by atoms with Gasteiger partial charge in [-0.05, 0) is 17.7 Å². The van der Waals surface area contributed by atoms with E-state index in [4.69, 9.17) is 27.9 Å². The lowest BCUT2D eigenvalue weighted by molar-refractivity contribution is 0.0657. The van der Waals surface area contributed by atoms with Crippen LogP contribution in [0.1, 0.15) is 27.3 Å². The van der Waals surface area contributed by atoms with Crippen molar-refractivity contribution in [2.24, 2.45) is 7.05 Å². The molecule has 1 aliphatic heterocycles. The molecule has 0 radical (unpaired) electrons. The quantitative estimate of drug-likeness (QED) is 0.856. The summed E-state index contributed by atoms with van der Waals surface area (Å²) >= 11 is 12.1. The van der Waals surface area contributed by atoms with Crippen LogP contribution in [0.4, 0.5) is 0 Å². The highest BCUT2D eigenvalue weighted by Gasteiger charge is 2.26. The normalized spacial score (nSPS) is 14.4. The van der Waals surface area contributed by atoms with Crippen LogP contribution in [-0.4, -0.2) is 22.2 Å². The van der Waals surface area contributed by atoms with Gasteiger partial charge in [0.15, 0.2) is 5.78 Å². The number of rotatable bonds is 2. The van der Waals surface area contributed by atoms with Crippen molar-refractivity contribution in [3.8, 4) is 0 Å². The van der Waals surface area contributed by atoms with Crippen LogP contribution in [0.25, 0.3) is 0 Å². The van der Waals surface area contributed by atoms with E-state index < -0.39 is 0 Å². The van der Waals surface area contributed by atoms with Gasteiger partial charge in [-0.1, -0.05) is 29.3 Å². The Labute approximate surface area is 126 Å². The molecular formula is C14H12Cl2N2O2. The van der Waals surface area contributed by atoms with Gasteiger partial charge in [-0.2, -0.15) is 5.10 Å². The standard InChI is InChI=1S/C14H12Cl2N2O2/c1-18-12(4-8-2-3-9(15)5-10(8)16)14-11(17-18)6-20-7-13(14)19/h2-3,5H,4,6-7H2,1H3. The van der Waals surface area contributed by atoms with Crippen molar-refractivity contribution in [1.29, 1.82) is 0 Å². The van der Waals surface area contributed by atoms with Gasteiger partial charge in [-0.3, -0.25) is 9.48 Å². The third-order valence-electron chi connectivity index (χ3n) is 3.36. The molecule has 0 fully saturated rings. The van der Waals surface area contributed by atoms with Crippen LogP contribution in [0, 0.1) is 0 Å². The highest BCUT2D eigenvalue weighted by Crippen LogP contribution is 2.27. The minimum absolute atomic E-state index is 0.0283. The number of benzene rings is 1. The molecule has 1 aromatic heterocycles. The predicted octanol–water partition coefficient (Wildman–Crippen LogP) is 3.03. The third kappa shape index (κ3) is 2.35. The predicted molar refractivity (Wildman–Crippen MR) is 76.5 cm³/mol. The highest BCUT2D eigenvalue weighted by atomic mass is 35.5. The Morgan fingerprint density at radius 2 is 2.15 bits per heavy atom. The van der Waals surface area contributed by atoms with E-state index in [2.05, 4.69) is 5.10 Å². The monoisotopic (exact) mass is 310 g/mol. The van der Waals surface area contributed by atoms with Gasteiger partial charge in [0, 0.05) is 23.5 Å². The van der Waals surface area contributed by atoms with Gasteiger partial charge in [-0.25, -0.2) is 0 Å². The summed E-state index contributed by atoms with van der Waals surface area (Å²) in [6.07, 6.45) is 0.542. The zero-order chi connectivity index (χ0) is 14.3. The van der Waals surface area contributed by atoms with Crippen molar-refractivity contribution in [3.63, 3.8) is 0 Å². The molecule has 0 atom stereocenters. The number of carbonyl (C=O) groups is 1. The first-order valence-corrected chi connectivity index (χ1v) is 6.91. The Bertz CT molecular complexity index is 695. The van der Waals surface area contributed by atoms with Crippen LogP contribution < -0.4 is 0 Å². The molecule has 2 aromatic rings. The molecule has 1 aliphatic rings. The van der Waals surface area contributed by atoms with Gasteiger partial charge in [0.1, 0.15) is 6.61 Å². The average Bonchev–Trinajstić information content (AvgIpc) is 2.70. The number of ether oxygens (including phenoxy) is 1. The number of halogens is 2. The molecule has 0 unspecified atom stereocenters. The van der Waals surface area contributed by atoms with Crippen LogP contribution in [0.15, 0.2) is 18.2 Å². The molecule has 0 saturated heterocycles. The van der Waals surface area contributed by atoms with Crippen LogP contribution in [0.3, 0.4) is 0 Å². The van der Waals surface area contributed by atoms with Crippen molar-refractivity contribution >= 4 is 29.0 Å². The topological polar surface area (TPSA) is 44.1 Å². The summed E-state index contributed by atoms with van der Waals surface area (Å²) in [5.41, 5.74) is 3.15. The van der Waals surface area contributed by atoms with E-state index in [9.17, 15) is 4.79 Å². The lowest BCUT2D eigenvalue weighted by Gasteiger charge is -2.12. The van der Waals surface area contributed by atoms with Crippen molar-refractivity contribution < 1.29 is 9.53 Å². The second kappa shape index (κ2) is 5.20. The summed E-state index contributed by atoms with van der Waals surface area (Å²) in [7, 11) is 1.82. The number of fused-ring (bicyclic) bond motifs is 1. The molecule has 0 saturated carbocycles. The molecule has 4 nitrogen and oxygen atoms in total. The Hall–Kier alpha value is -1.36. The summed E-state index contributed by atoms with van der Waals surface area (Å²) in [6, 6.07) is 5.36. The number of carbonyl (C=O) groups excluding carboxylic acids is 1. The number of aromatic nitrogens is 2. The van der Waals surface area contributed by atoms with Crippen molar-refractivity contribution in [2.45, 2.75) is 13.0 Å². The molecule has 20 heavy (non-hydrogen) atoms. The smallest absolute Gasteiger partial charge is 0.192 e. The Balaban J connectivity index is 2.03. The molecular weight excluding hydrogens is 299 g/mol. The first-order chi connectivity index (χ1) is 9.56. The van der Waals surface area contributed by atoms with E-state index in [1.807, 2.05) is 13.1 Å². The van der Waals surface area contributed by atoms with Crippen LogP contribution in [0.2, 0.25) is 10.0 Å². The van der Waals surface area contributed by atoms with E-state index in [0.29, 0.717) is 34.3 Å². The Morgan fingerprint density at radius 1 is 1.35 bits per heavy atom. The highest BCUT2D eigenvalue weighted by molar-refractivity contribution is 6.35. The molecule has 0 aliphatic carbocycles. The number of hydrogen-bond donors (Lipinski definition) is 0. The molecule has 0 spiro atoms. The fraction of sp³-hybridized carbons (Fsp3) is 0.286. The third-order valence-corrected chi connectivity index (χ3v) is 3.95. The lowest BCUT2D eigenvalue weighted by atomic mass is 10.0. The minimum atomic E-state index is -0.0283. The summed E-state index contributed by atoms with van der Waals surface area (Å²) in [5, 5.41) is 5.53. The first-order valence-electron chi connectivity index (χ1n) is 6.16. The number of hydrogen-bond acceptors (Lipinski definition) is 3. The summed E-state index contributed by atoms with van der Waals surface area (Å²) in [5.74, 6) is -0.0283. The van der Waals surface area contributed by atoms with Crippen LogP contribution >= 0.6 is 23.2 Å². The fourth-order valence-corrected chi connectivity index (χ4v) is 2.88. The van der Waals surface area contributed by atoms with Gasteiger partial charge < -0.3 is 4.74 Å². The van der Waals surface area contributed by atoms with E-state index in [0.717, 1.165) is 11.3 Å². The SMILES string of the molecule is Cn1nc2c(c1Cc1ccc(Cl)cc1Cl)C(=O)COC2. The number of ketones is 1. The maximum atomic E-state index is 12.0.